The normalized spacial score (nSPS) is 17.5. The molecule has 122 valence electrons. The van der Waals surface area contributed by atoms with E-state index >= 15 is 0 Å². The fourth-order valence-corrected chi connectivity index (χ4v) is 5.56. The first-order valence-electron chi connectivity index (χ1n) is 6.95. The van der Waals surface area contributed by atoms with Gasteiger partial charge in [0, 0.05) is 9.75 Å². The molecule has 0 saturated heterocycles. The van der Waals surface area contributed by atoms with Crippen LogP contribution in [0.5, 0.6) is 5.75 Å². The molecular formula is C15H16N2O4S2. The second kappa shape index (κ2) is 5.54. The quantitative estimate of drug-likeness (QED) is 0.912. The summed E-state index contributed by atoms with van der Waals surface area (Å²) in [5.74, 6) is -0.367. The Morgan fingerprint density at radius 3 is 2.65 bits per heavy atom. The van der Waals surface area contributed by atoms with Crippen LogP contribution < -0.4 is 14.8 Å². The monoisotopic (exact) mass is 352 g/mol. The molecule has 1 aromatic carbocycles. The summed E-state index contributed by atoms with van der Waals surface area (Å²) in [7, 11) is -3.80. The second-order valence-corrected chi connectivity index (χ2v) is 8.58. The Balaban J connectivity index is 2.14. The molecule has 1 atom stereocenters. The van der Waals surface area contributed by atoms with E-state index in [1.165, 1.54) is 15.6 Å². The molecule has 0 spiro atoms. The Labute approximate surface area is 138 Å². The number of nitrogens with two attached hydrogens (primary N) is 1. The summed E-state index contributed by atoms with van der Waals surface area (Å²) in [5, 5.41) is 0. The third kappa shape index (κ3) is 2.68. The third-order valence-electron chi connectivity index (χ3n) is 3.62. The Morgan fingerprint density at radius 2 is 2.04 bits per heavy atom. The van der Waals surface area contributed by atoms with Crippen molar-refractivity contribution in [3.8, 4) is 5.75 Å². The minimum absolute atomic E-state index is 0.136. The number of sulfonamides is 1. The zero-order valence-electron chi connectivity index (χ0n) is 12.6. The molecule has 2 N–H and O–H groups in total. The highest BCUT2D eigenvalue weighted by Gasteiger charge is 2.37. The number of hydrogen-bond donors (Lipinski definition) is 1. The van der Waals surface area contributed by atoms with Gasteiger partial charge >= 0.3 is 0 Å². The first kappa shape index (κ1) is 15.8. The van der Waals surface area contributed by atoms with Gasteiger partial charge in [0.1, 0.15) is 10.6 Å². The van der Waals surface area contributed by atoms with Crippen molar-refractivity contribution in [2.75, 3.05) is 10.8 Å². The Bertz CT molecular complexity index is 873. The van der Waals surface area contributed by atoms with Gasteiger partial charge in [0.25, 0.3) is 15.9 Å². The third-order valence-corrected chi connectivity index (χ3v) is 6.62. The number of para-hydroxylation sites is 2. The lowest BCUT2D eigenvalue weighted by Gasteiger charge is -2.34. The Hall–Kier alpha value is -2.06. The van der Waals surface area contributed by atoms with Gasteiger partial charge in [-0.05, 0) is 32.0 Å². The van der Waals surface area contributed by atoms with Crippen LogP contribution in [-0.4, -0.2) is 27.0 Å². The van der Waals surface area contributed by atoms with Crippen LogP contribution in [0.4, 0.5) is 5.69 Å². The predicted octanol–water partition coefficient (Wildman–Crippen LogP) is 1.81. The predicted molar refractivity (Wildman–Crippen MR) is 88.4 cm³/mol. The highest BCUT2D eigenvalue weighted by atomic mass is 32.2. The van der Waals surface area contributed by atoms with E-state index in [1.54, 1.807) is 37.3 Å². The van der Waals surface area contributed by atoms with Crippen molar-refractivity contribution in [3.05, 3.63) is 40.1 Å². The van der Waals surface area contributed by atoms with Crippen LogP contribution in [0.15, 0.2) is 35.2 Å². The zero-order chi connectivity index (χ0) is 16.8. The molecule has 1 aromatic heterocycles. The van der Waals surface area contributed by atoms with Crippen LogP contribution in [0.3, 0.4) is 0 Å². The highest BCUT2D eigenvalue weighted by Crippen LogP contribution is 2.38. The van der Waals surface area contributed by atoms with E-state index in [2.05, 4.69) is 0 Å². The lowest BCUT2D eigenvalue weighted by Crippen LogP contribution is -2.49. The number of anilines is 1. The van der Waals surface area contributed by atoms with Crippen molar-refractivity contribution in [1.82, 2.24) is 0 Å². The lowest BCUT2D eigenvalue weighted by molar-refractivity contribution is -0.124. The Kier molecular flexibility index (Phi) is 3.81. The molecule has 23 heavy (non-hydrogen) atoms. The van der Waals surface area contributed by atoms with Crippen molar-refractivity contribution in [2.45, 2.75) is 24.8 Å². The Morgan fingerprint density at radius 1 is 1.35 bits per heavy atom. The number of carbonyl (C=O) groups is 1. The van der Waals surface area contributed by atoms with E-state index in [4.69, 9.17) is 10.5 Å². The number of fused-ring (bicyclic) bond motifs is 1. The van der Waals surface area contributed by atoms with E-state index in [1.807, 2.05) is 6.92 Å². The molecule has 1 aliphatic rings. The number of primary amides is 1. The van der Waals surface area contributed by atoms with Crippen LogP contribution in [0.2, 0.25) is 0 Å². The molecule has 0 fully saturated rings. The fourth-order valence-electron chi connectivity index (χ4n) is 2.56. The maximum atomic E-state index is 13.1. The van der Waals surface area contributed by atoms with Crippen molar-refractivity contribution >= 4 is 33.0 Å². The average molecular weight is 352 g/mol. The van der Waals surface area contributed by atoms with E-state index in [-0.39, 0.29) is 11.4 Å². The van der Waals surface area contributed by atoms with E-state index < -0.39 is 22.0 Å². The SMILES string of the molecule is Cc1cc(S(=O)(=O)N2C[C@@H](C(N)=O)Oc3ccccc32)c(C)s1. The summed E-state index contributed by atoms with van der Waals surface area (Å²) in [6.45, 7) is 3.49. The van der Waals surface area contributed by atoms with Gasteiger partial charge in [-0.15, -0.1) is 11.3 Å². The average Bonchev–Trinajstić information content (AvgIpc) is 2.85. The van der Waals surface area contributed by atoms with Gasteiger partial charge in [-0.1, -0.05) is 12.1 Å². The van der Waals surface area contributed by atoms with Gasteiger partial charge in [0.05, 0.1) is 12.2 Å². The topological polar surface area (TPSA) is 89.7 Å². The number of benzene rings is 1. The highest BCUT2D eigenvalue weighted by molar-refractivity contribution is 7.93. The summed E-state index contributed by atoms with van der Waals surface area (Å²) in [6.07, 6.45) is -1.01. The lowest BCUT2D eigenvalue weighted by atomic mass is 10.2. The minimum Gasteiger partial charge on any atom is -0.476 e. The van der Waals surface area contributed by atoms with Crippen molar-refractivity contribution in [2.24, 2.45) is 5.73 Å². The number of amides is 1. The van der Waals surface area contributed by atoms with Gasteiger partial charge < -0.3 is 10.5 Å². The summed E-state index contributed by atoms with van der Waals surface area (Å²) < 4.78 is 32.9. The van der Waals surface area contributed by atoms with Gasteiger partial charge in [-0.2, -0.15) is 0 Å². The maximum absolute atomic E-state index is 13.1. The van der Waals surface area contributed by atoms with Crippen LogP contribution >= 0.6 is 11.3 Å². The van der Waals surface area contributed by atoms with Crippen molar-refractivity contribution < 1.29 is 17.9 Å². The first-order valence-corrected chi connectivity index (χ1v) is 9.21. The number of ether oxygens (including phenoxy) is 1. The van der Waals surface area contributed by atoms with Crippen molar-refractivity contribution in [1.29, 1.82) is 0 Å². The standard InChI is InChI=1S/C15H16N2O4S2/c1-9-7-14(10(2)22-9)23(19,20)17-8-13(15(16)18)21-12-6-4-3-5-11(12)17/h3-7,13H,8H2,1-2H3,(H2,16,18)/t13-/m0/s1. The van der Waals surface area contributed by atoms with E-state index in [9.17, 15) is 13.2 Å². The van der Waals surface area contributed by atoms with Crippen LogP contribution in [0.25, 0.3) is 0 Å². The number of carbonyl (C=O) groups excluding carboxylic acids is 1. The molecule has 3 rings (SSSR count). The van der Waals surface area contributed by atoms with Crippen LogP contribution in [0, 0.1) is 13.8 Å². The molecule has 0 radical (unpaired) electrons. The largest absolute Gasteiger partial charge is 0.476 e. The van der Waals surface area contributed by atoms with Gasteiger partial charge in [-0.3, -0.25) is 9.10 Å². The molecule has 0 aliphatic carbocycles. The molecule has 6 nitrogen and oxygen atoms in total. The molecule has 1 amide bonds. The summed E-state index contributed by atoms with van der Waals surface area (Å²) in [4.78, 5) is 13.4. The van der Waals surface area contributed by atoms with Crippen molar-refractivity contribution in [3.63, 3.8) is 0 Å². The van der Waals surface area contributed by atoms with Gasteiger partial charge in [-0.25, -0.2) is 8.42 Å². The molecular weight excluding hydrogens is 336 g/mol. The van der Waals surface area contributed by atoms with E-state index in [0.717, 1.165) is 4.88 Å². The van der Waals surface area contributed by atoms with Gasteiger partial charge in [0.2, 0.25) is 0 Å². The number of hydrogen-bond acceptors (Lipinski definition) is 5. The summed E-state index contributed by atoms with van der Waals surface area (Å²) in [5.41, 5.74) is 5.73. The molecule has 2 heterocycles. The molecule has 0 bridgehead atoms. The smallest absolute Gasteiger partial charge is 0.265 e. The number of thiophene rings is 1. The zero-order valence-corrected chi connectivity index (χ0v) is 14.3. The molecule has 1 aliphatic heterocycles. The summed E-state index contributed by atoms with van der Waals surface area (Å²) >= 11 is 1.42. The van der Waals surface area contributed by atoms with E-state index in [0.29, 0.717) is 16.3 Å². The first-order chi connectivity index (χ1) is 10.8. The van der Waals surface area contributed by atoms with Gasteiger partial charge in [0.15, 0.2) is 6.10 Å². The number of aryl methyl sites for hydroxylation is 2. The minimum atomic E-state index is -3.80. The fraction of sp³-hybridized carbons (Fsp3) is 0.267. The molecule has 8 heteroatoms. The number of nitrogens with zero attached hydrogens (tertiary/aromatic N) is 1. The molecule has 0 unspecified atom stereocenters. The summed E-state index contributed by atoms with van der Waals surface area (Å²) in [6, 6.07) is 8.36. The second-order valence-electron chi connectivity index (χ2n) is 5.29. The maximum Gasteiger partial charge on any atom is 0.265 e. The van der Waals surface area contributed by atoms with Crippen LogP contribution in [0.1, 0.15) is 9.75 Å². The van der Waals surface area contributed by atoms with Crippen LogP contribution in [-0.2, 0) is 14.8 Å². The number of rotatable bonds is 3. The molecule has 2 aromatic rings. The molecule has 0 saturated carbocycles.